The molecule has 0 N–H and O–H groups in total. The summed E-state index contributed by atoms with van der Waals surface area (Å²) in [6.45, 7) is 6.30. The maximum Gasteiger partial charge on any atom is 0.228 e. The third-order valence-corrected chi connectivity index (χ3v) is 5.24. The lowest BCUT2D eigenvalue weighted by Crippen LogP contribution is -2.25. The molecule has 0 unspecified atom stereocenters. The van der Waals surface area contributed by atoms with E-state index < -0.39 is 0 Å². The molecule has 0 saturated carbocycles. The lowest BCUT2D eigenvalue weighted by Gasteiger charge is -2.20. The Hall–Kier alpha value is -0.870. The average molecular weight is 296 g/mol. The molecule has 0 aromatic carbocycles. The van der Waals surface area contributed by atoms with Crippen LogP contribution < -0.4 is 4.90 Å². The number of hydrogen-bond acceptors (Lipinski definition) is 4. The van der Waals surface area contributed by atoms with Crippen LogP contribution in [0.25, 0.3) is 10.2 Å². The molecule has 3 heterocycles. The minimum Gasteiger partial charge on any atom is -0.341 e. The molecule has 5 heteroatoms. The van der Waals surface area contributed by atoms with Crippen molar-refractivity contribution in [3.05, 3.63) is 15.6 Å². The van der Waals surface area contributed by atoms with Gasteiger partial charge in [0, 0.05) is 18.0 Å². The number of aryl methyl sites for hydroxylation is 2. The summed E-state index contributed by atoms with van der Waals surface area (Å²) in [4.78, 5) is 13.8. The number of anilines is 1. The smallest absolute Gasteiger partial charge is 0.228 e. The second-order valence-corrected chi connectivity index (χ2v) is 6.74. The van der Waals surface area contributed by atoms with Gasteiger partial charge in [-0.15, -0.1) is 11.3 Å². The Labute approximate surface area is 122 Å². The van der Waals surface area contributed by atoms with Crippen molar-refractivity contribution < 1.29 is 0 Å². The summed E-state index contributed by atoms with van der Waals surface area (Å²) in [7, 11) is 0. The molecular weight excluding hydrogens is 278 g/mol. The van der Waals surface area contributed by atoms with Crippen LogP contribution in [0.15, 0.2) is 0 Å². The van der Waals surface area contributed by atoms with Gasteiger partial charge in [0.1, 0.15) is 9.98 Å². The highest BCUT2D eigenvalue weighted by Gasteiger charge is 2.17. The van der Waals surface area contributed by atoms with Crippen LogP contribution in [0.4, 0.5) is 5.95 Å². The normalized spacial score (nSPS) is 16.9. The highest BCUT2D eigenvalue weighted by atomic mass is 35.5. The molecule has 0 radical (unpaired) electrons. The van der Waals surface area contributed by atoms with E-state index in [9.17, 15) is 0 Å². The van der Waals surface area contributed by atoms with E-state index in [4.69, 9.17) is 16.6 Å². The molecule has 2 aromatic heterocycles. The largest absolute Gasteiger partial charge is 0.341 e. The zero-order chi connectivity index (χ0) is 13.4. The molecule has 19 heavy (non-hydrogen) atoms. The van der Waals surface area contributed by atoms with Crippen molar-refractivity contribution in [3.63, 3.8) is 0 Å². The summed E-state index contributed by atoms with van der Waals surface area (Å²) in [6, 6.07) is 0. The molecule has 0 atom stereocenters. The zero-order valence-corrected chi connectivity index (χ0v) is 12.9. The maximum absolute atomic E-state index is 6.37. The van der Waals surface area contributed by atoms with Gasteiger partial charge in [0.25, 0.3) is 0 Å². The molecular formula is C14H18ClN3S. The second-order valence-electron chi connectivity index (χ2n) is 5.18. The van der Waals surface area contributed by atoms with Crippen molar-refractivity contribution in [3.8, 4) is 0 Å². The fourth-order valence-electron chi connectivity index (χ4n) is 2.60. The van der Waals surface area contributed by atoms with Gasteiger partial charge in [-0.25, -0.2) is 9.97 Å². The van der Waals surface area contributed by atoms with Gasteiger partial charge in [0.05, 0.1) is 5.39 Å². The van der Waals surface area contributed by atoms with Crippen molar-refractivity contribution in [2.45, 2.75) is 39.5 Å². The van der Waals surface area contributed by atoms with E-state index >= 15 is 0 Å². The molecule has 0 spiro atoms. The SMILES string of the molecule is Cc1sc2nc(N3CCCCCC3)nc(Cl)c2c1C. The third-order valence-electron chi connectivity index (χ3n) is 3.86. The lowest BCUT2D eigenvalue weighted by molar-refractivity contribution is 0.726. The third kappa shape index (κ3) is 2.43. The number of thiophene rings is 1. The minimum atomic E-state index is 0.603. The summed E-state index contributed by atoms with van der Waals surface area (Å²) in [5, 5.41) is 1.63. The second kappa shape index (κ2) is 5.25. The number of fused-ring (bicyclic) bond motifs is 1. The van der Waals surface area contributed by atoms with Gasteiger partial charge < -0.3 is 4.90 Å². The standard InChI is InChI=1S/C14H18ClN3S/c1-9-10(2)19-13-11(9)12(15)16-14(17-13)18-7-5-3-4-6-8-18/h3-8H2,1-2H3. The van der Waals surface area contributed by atoms with Crippen molar-refractivity contribution >= 4 is 39.1 Å². The molecule has 2 aromatic rings. The van der Waals surface area contributed by atoms with E-state index in [0.717, 1.165) is 29.3 Å². The fourth-order valence-corrected chi connectivity index (χ4v) is 3.99. The number of hydrogen-bond donors (Lipinski definition) is 0. The van der Waals surface area contributed by atoms with Crippen LogP contribution in [0, 0.1) is 13.8 Å². The predicted octanol–water partition coefficient (Wildman–Crippen LogP) is 4.34. The summed E-state index contributed by atoms with van der Waals surface area (Å²) < 4.78 is 0. The van der Waals surface area contributed by atoms with Gasteiger partial charge >= 0.3 is 0 Å². The number of halogens is 1. The van der Waals surface area contributed by atoms with E-state index in [1.165, 1.54) is 36.1 Å². The van der Waals surface area contributed by atoms with Crippen LogP contribution in [0.1, 0.15) is 36.1 Å². The Morgan fingerprint density at radius 2 is 1.74 bits per heavy atom. The minimum absolute atomic E-state index is 0.603. The highest BCUT2D eigenvalue weighted by Crippen LogP contribution is 2.34. The predicted molar refractivity (Wildman–Crippen MR) is 82.6 cm³/mol. The Morgan fingerprint density at radius 1 is 1.05 bits per heavy atom. The van der Waals surface area contributed by atoms with E-state index in [1.807, 2.05) is 0 Å². The van der Waals surface area contributed by atoms with E-state index in [0.29, 0.717) is 5.15 Å². The lowest BCUT2D eigenvalue weighted by atomic mass is 10.2. The van der Waals surface area contributed by atoms with E-state index in [1.54, 1.807) is 11.3 Å². The molecule has 3 rings (SSSR count). The van der Waals surface area contributed by atoms with Gasteiger partial charge in [-0.1, -0.05) is 24.4 Å². The molecule has 1 fully saturated rings. The monoisotopic (exact) mass is 295 g/mol. The molecule has 1 aliphatic rings. The van der Waals surface area contributed by atoms with Crippen LogP contribution in [0.5, 0.6) is 0 Å². The fraction of sp³-hybridized carbons (Fsp3) is 0.571. The van der Waals surface area contributed by atoms with E-state index in [2.05, 4.69) is 23.7 Å². The number of rotatable bonds is 1. The van der Waals surface area contributed by atoms with Crippen LogP contribution in [-0.2, 0) is 0 Å². The first-order chi connectivity index (χ1) is 9.16. The van der Waals surface area contributed by atoms with Crippen molar-refractivity contribution in [2.75, 3.05) is 18.0 Å². The average Bonchev–Trinajstić information content (AvgIpc) is 2.60. The van der Waals surface area contributed by atoms with E-state index in [-0.39, 0.29) is 0 Å². The molecule has 0 bridgehead atoms. The molecule has 3 nitrogen and oxygen atoms in total. The first kappa shape index (κ1) is 13.1. The number of nitrogens with zero attached hydrogens (tertiary/aromatic N) is 3. The molecule has 1 aliphatic heterocycles. The molecule has 1 saturated heterocycles. The van der Waals surface area contributed by atoms with Crippen molar-refractivity contribution in [1.29, 1.82) is 0 Å². The highest BCUT2D eigenvalue weighted by molar-refractivity contribution is 7.18. The van der Waals surface area contributed by atoms with Gasteiger partial charge in [-0.05, 0) is 32.3 Å². The Kier molecular flexibility index (Phi) is 3.63. The molecule has 0 amide bonds. The molecule has 102 valence electrons. The quantitative estimate of drug-likeness (QED) is 0.733. The first-order valence-electron chi connectivity index (χ1n) is 6.85. The summed E-state index contributed by atoms with van der Waals surface area (Å²) in [6.07, 6.45) is 5.07. The first-order valence-corrected chi connectivity index (χ1v) is 8.04. The summed E-state index contributed by atoms with van der Waals surface area (Å²) in [5.74, 6) is 0.806. The van der Waals surface area contributed by atoms with Gasteiger partial charge in [-0.3, -0.25) is 0 Å². The Bertz CT molecular complexity index is 600. The van der Waals surface area contributed by atoms with Gasteiger partial charge in [0.15, 0.2) is 0 Å². The topological polar surface area (TPSA) is 29.0 Å². The maximum atomic E-state index is 6.37. The van der Waals surface area contributed by atoms with Gasteiger partial charge in [0.2, 0.25) is 5.95 Å². The molecule has 0 aliphatic carbocycles. The van der Waals surface area contributed by atoms with Crippen molar-refractivity contribution in [2.24, 2.45) is 0 Å². The Balaban J connectivity index is 2.05. The summed E-state index contributed by atoms with van der Waals surface area (Å²) in [5.41, 5.74) is 1.22. The summed E-state index contributed by atoms with van der Waals surface area (Å²) >= 11 is 8.08. The van der Waals surface area contributed by atoms with Crippen LogP contribution in [-0.4, -0.2) is 23.1 Å². The van der Waals surface area contributed by atoms with Gasteiger partial charge in [-0.2, -0.15) is 0 Å². The van der Waals surface area contributed by atoms with Crippen LogP contribution >= 0.6 is 22.9 Å². The number of aromatic nitrogens is 2. The zero-order valence-electron chi connectivity index (χ0n) is 11.4. The van der Waals surface area contributed by atoms with Crippen LogP contribution in [0.2, 0.25) is 5.15 Å². The van der Waals surface area contributed by atoms with Crippen molar-refractivity contribution in [1.82, 2.24) is 9.97 Å². The Morgan fingerprint density at radius 3 is 2.42 bits per heavy atom. The van der Waals surface area contributed by atoms with Crippen LogP contribution in [0.3, 0.4) is 0 Å².